The van der Waals surface area contributed by atoms with E-state index in [1.165, 1.54) is 4.68 Å². The molecule has 10 nitrogen and oxygen atoms in total. The van der Waals surface area contributed by atoms with Crippen LogP contribution in [0.25, 0.3) is 0 Å². The Kier molecular flexibility index (Phi) is 7.73. The first-order chi connectivity index (χ1) is 16.1. The molecule has 2 heterocycles. The first kappa shape index (κ1) is 27.2. The van der Waals surface area contributed by atoms with Gasteiger partial charge in [0.2, 0.25) is 9.84 Å². The molecule has 1 fully saturated rings. The highest BCUT2D eigenvalue weighted by molar-refractivity contribution is 7.91. The van der Waals surface area contributed by atoms with E-state index in [0.717, 1.165) is 5.56 Å². The van der Waals surface area contributed by atoms with E-state index in [-0.39, 0.29) is 23.8 Å². The summed E-state index contributed by atoms with van der Waals surface area (Å²) in [7, 11) is -3.87. The first-order valence-electron chi connectivity index (χ1n) is 11.7. The number of esters is 1. The van der Waals surface area contributed by atoms with Gasteiger partial charge in [0.05, 0.1) is 29.9 Å². The van der Waals surface area contributed by atoms with Crippen LogP contribution in [-0.2, 0) is 40.8 Å². The molecule has 1 aromatic heterocycles. The average molecular weight is 509 g/mol. The maximum Gasteiger partial charge on any atom is 0.308 e. The molecule has 0 N–H and O–H groups in total. The lowest BCUT2D eigenvalue weighted by Gasteiger charge is -2.40. The van der Waals surface area contributed by atoms with Crippen molar-refractivity contribution in [2.24, 2.45) is 0 Å². The molecule has 194 valence electrons. The van der Waals surface area contributed by atoms with Crippen molar-refractivity contribution in [1.29, 1.82) is 0 Å². The van der Waals surface area contributed by atoms with Gasteiger partial charge in [-0.3, -0.25) is 4.79 Å². The standard InChI is InChI=1S/C24H36N4O6S/c1-22(2,3)28-21(25-26-27-28)35(30,31)16-19-13-18(32-24(6,7)33-19)14-20(29)34-23(4,5)15-17-11-9-8-10-12-17/h8-12,18-19H,13-16H2,1-7H3/t18-,19+/m1/s1. The summed E-state index contributed by atoms with van der Waals surface area (Å²) in [6.45, 7) is 12.6. The van der Waals surface area contributed by atoms with E-state index in [1.807, 2.05) is 65.0 Å². The van der Waals surface area contributed by atoms with Gasteiger partial charge in [0.25, 0.3) is 5.16 Å². The second-order valence-corrected chi connectivity index (χ2v) is 13.0. The largest absolute Gasteiger partial charge is 0.459 e. The highest BCUT2D eigenvalue weighted by atomic mass is 32.2. The van der Waals surface area contributed by atoms with Crippen LogP contribution in [0.4, 0.5) is 0 Å². The van der Waals surface area contributed by atoms with Gasteiger partial charge in [-0.1, -0.05) is 35.4 Å². The number of hydrogen-bond donors (Lipinski definition) is 0. The van der Waals surface area contributed by atoms with Crippen LogP contribution in [0.3, 0.4) is 0 Å². The van der Waals surface area contributed by atoms with Gasteiger partial charge < -0.3 is 14.2 Å². The Morgan fingerprint density at radius 2 is 1.74 bits per heavy atom. The zero-order valence-corrected chi connectivity index (χ0v) is 22.3. The van der Waals surface area contributed by atoms with Crippen LogP contribution in [0, 0.1) is 0 Å². The lowest BCUT2D eigenvalue weighted by Crippen LogP contribution is -2.48. The van der Waals surface area contributed by atoms with Gasteiger partial charge in [0.1, 0.15) is 5.60 Å². The topological polar surface area (TPSA) is 123 Å². The number of benzene rings is 1. The summed E-state index contributed by atoms with van der Waals surface area (Å²) in [5.74, 6) is -1.81. The van der Waals surface area contributed by atoms with Gasteiger partial charge in [-0.25, -0.2) is 13.1 Å². The van der Waals surface area contributed by atoms with E-state index in [9.17, 15) is 13.2 Å². The minimum atomic E-state index is -3.87. The molecule has 0 bridgehead atoms. The number of carbonyl (C=O) groups excluding carboxylic acids is 1. The Morgan fingerprint density at radius 1 is 1.11 bits per heavy atom. The van der Waals surface area contributed by atoms with Crippen LogP contribution in [0.1, 0.15) is 66.9 Å². The third-order valence-electron chi connectivity index (χ3n) is 5.44. The van der Waals surface area contributed by atoms with Crippen molar-refractivity contribution < 1.29 is 27.4 Å². The summed E-state index contributed by atoms with van der Waals surface area (Å²) in [5, 5.41) is 10.9. The molecule has 1 saturated heterocycles. The Labute approximate surface area is 207 Å². The molecule has 0 radical (unpaired) electrons. The van der Waals surface area contributed by atoms with E-state index in [4.69, 9.17) is 14.2 Å². The summed E-state index contributed by atoms with van der Waals surface area (Å²) in [5.41, 5.74) is -0.247. The van der Waals surface area contributed by atoms with E-state index >= 15 is 0 Å². The molecule has 1 aliphatic heterocycles. The van der Waals surface area contributed by atoms with Gasteiger partial charge in [-0.05, 0) is 64.5 Å². The third kappa shape index (κ3) is 7.55. The fraction of sp³-hybridized carbons (Fsp3) is 0.667. The maximum absolute atomic E-state index is 13.2. The molecule has 0 spiro atoms. The second-order valence-electron chi connectivity index (χ2n) is 11.0. The molecule has 0 saturated carbocycles. The van der Waals surface area contributed by atoms with Gasteiger partial charge in [-0.2, -0.15) is 0 Å². The summed E-state index contributed by atoms with van der Waals surface area (Å²) < 4.78 is 45.2. The van der Waals surface area contributed by atoms with E-state index < -0.39 is 44.9 Å². The third-order valence-corrected chi connectivity index (χ3v) is 7.07. The minimum absolute atomic E-state index is 0.0126. The Hall–Kier alpha value is -2.37. The summed E-state index contributed by atoms with van der Waals surface area (Å²) in [6.07, 6.45) is -0.486. The monoisotopic (exact) mass is 508 g/mol. The van der Waals surface area contributed by atoms with Crippen LogP contribution in [-0.4, -0.2) is 63.9 Å². The maximum atomic E-state index is 13.2. The molecular weight excluding hydrogens is 472 g/mol. The molecule has 35 heavy (non-hydrogen) atoms. The number of rotatable bonds is 8. The van der Waals surface area contributed by atoms with Crippen molar-refractivity contribution >= 4 is 15.8 Å². The van der Waals surface area contributed by atoms with Crippen molar-refractivity contribution in [3.8, 4) is 0 Å². The SMILES string of the molecule is CC(C)(Cc1ccccc1)OC(=O)C[C@H]1C[C@@H](CS(=O)(=O)c2nnnn2C(C)(C)C)OC(C)(C)O1. The van der Waals surface area contributed by atoms with Crippen LogP contribution < -0.4 is 0 Å². The van der Waals surface area contributed by atoms with Crippen LogP contribution >= 0.6 is 0 Å². The van der Waals surface area contributed by atoms with Gasteiger partial charge >= 0.3 is 5.97 Å². The zero-order valence-electron chi connectivity index (χ0n) is 21.5. The molecule has 0 aliphatic carbocycles. The highest BCUT2D eigenvalue weighted by Gasteiger charge is 2.41. The smallest absolute Gasteiger partial charge is 0.308 e. The van der Waals surface area contributed by atoms with Gasteiger partial charge in [0.15, 0.2) is 5.79 Å². The lowest BCUT2D eigenvalue weighted by molar-refractivity contribution is -0.295. The number of ether oxygens (including phenoxy) is 3. The molecule has 3 rings (SSSR count). The van der Waals surface area contributed by atoms with E-state index in [2.05, 4.69) is 15.5 Å². The molecule has 2 aromatic rings. The Morgan fingerprint density at radius 3 is 2.37 bits per heavy atom. The highest BCUT2D eigenvalue weighted by Crippen LogP contribution is 2.31. The second kappa shape index (κ2) is 9.94. The van der Waals surface area contributed by atoms with E-state index in [0.29, 0.717) is 6.42 Å². The van der Waals surface area contributed by atoms with Gasteiger partial charge in [0, 0.05) is 12.8 Å². The molecular formula is C24H36N4O6S. The van der Waals surface area contributed by atoms with Gasteiger partial charge in [-0.15, -0.1) is 0 Å². The lowest BCUT2D eigenvalue weighted by atomic mass is 9.98. The Balaban J connectivity index is 1.66. The molecule has 11 heteroatoms. The normalized spacial score (nSPS) is 21.0. The first-order valence-corrected chi connectivity index (χ1v) is 13.3. The molecule has 0 unspecified atom stereocenters. The fourth-order valence-corrected chi connectivity index (χ4v) is 5.80. The number of hydrogen-bond acceptors (Lipinski definition) is 9. The van der Waals surface area contributed by atoms with Crippen molar-refractivity contribution in [2.75, 3.05) is 5.75 Å². The summed E-state index contributed by atoms with van der Waals surface area (Å²) in [6, 6.07) is 9.80. The molecule has 0 amide bonds. The number of nitrogens with zero attached hydrogens (tertiary/aromatic N) is 4. The minimum Gasteiger partial charge on any atom is -0.459 e. The summed E-state index contributed by atoms with van der Waals surface area (Å²) >= 11 is 0. The fourth-order valence-electron chi connectivity index (χ4n) is 4.22. The van der Waals surface area contributed by atoms with Crippen molar-refractivity contribution in [3.05, 3.63) is 35.9 Å². The number of sulfone groups is 1. The van der Waals surface area contributed by atoms with Crippen LogP contribution in [0.5, 0.6) is 0 Å². The van der Waals surface area contributed by atoms with E-state index in [1.54, 1.807) is 13.8 Å². The van der Waals surface area contributed by atoms with Crippen molar-refractivity contribution in [3.63, 3.8) is 0 Å². The average Bonchev–Trinajstić information content (AvgIpc) is 3.17. The zero-order chi connectivity index (χ0) is 26.1. The molecule has 1 aromatic carbocycles. The Bertz CT molecular complexity index is 1120. The number of carbonyl (C=O) groups is 1. The van der Waals surface area contributed by atoms with Crippen molar-refractivity contribution in [1.82, 2.24) is 20.2 Å². The predicted molar refractivity (Wildman–Crippen MR) is 128 cm³/mol. The van der Waals surface area contributed by atoms with Crippen LogP contribution in [0.15, 0.2) is 35.5 Å². The molecule has 1 aliphatic rings. The van der Waals surface area contributed by atoms with Crippen molar-refractivity contribution in [2.45, 2.75) is 102 Å². The quantitative estimate of drug-likeness (QED) is 0.495. The summed E-state index contributed by atoms with van der Waals surface area (Å²) in [4.78, 5) is 12.8. The number of tetrazole rings is 1. The number of aromatic nitrogens is 4. The van der Waals surface area contributed by atoms with Crippen LogP contribution in [0.2, 0.25) is 0 Å². The molecule has 2 atom stereocenters. The predicted octanol–water partition coefficient (Wildman–Crippen LogP) is 3.07.